The van der Waals surface area contributed by atoms with Crippen molar-refractivity contribution < 1.29 is 9.13 Å². The number of benzene rings is 1. The molecule has 2 nitrogen and oxygen atoms in total. The molecular weight excluding hydrogens is 205 g/mol. The smallest absolute Gasteiger partial charge is 0.128 e. The number of ether oxygens (including phenoxy) is 1. The van der Waals surface area contributed by atoms with E-state index < -0.39 is 0 Å². The summed E-state index contributed by atoms with van der Waals surface area (Å²) in [5.41, 5.74) is 1.37. The molecule has 0 aliphatic heterocycles. The monoisotopic (exact) mass is 225 g/mol. The average molecular weight is 225 g/mol. The first-order valence-electron chi connectivity index (χ1n) is 5.50. The molecule has 1 N–H and O–H groups in total. The molecule has 0 aromatic heterocycles. The van der Waals surface area contributed by atoms with Gasteiger partial charge in [-0.15, -0.1) is 0 Å². The van der Waals surface area contributed by atoms with E-state index in [2.05, 4.69) is 5.32 Å². The van der Waals surface area contributed by atoms with Crippen LogP contribution in [-0.4, -0.2) is 19.3 Å². The van der Waals surface area contributed by atoms with Crippen molar-refractivity contribution in [1.82, 2.24) is 0 Å². The molecule has 0 heterocycles. The SMILES string of the molecule is COC(C)(C)CCNc1cccc(F)c1C. The molecular formula is C13H20FNO. The summed E-state index contributed by atoms with van der Waals surface area (Å²) in [5, 5.41) is 3.22. The van der Waals surface area contributed by atoms with Gasteiger partial charge in [-0.05, 0) is 39.3 Å². The lowest BCUT2D eigenvalue weighted by atomic mass is 10.1. The van der Waals surface area contributed by atoms with Gasteiger partial charge in [-0.3, -0.25) is 0 Å². The minimum absolute atomic E-state index is 0.145. The molecule has 0 saturated heterocycles. The van der Waals surface area contributed by atoms with E-state index in [1.165, 1.54) is 6.07 Å². The van der Waals surface area contributed by atoms with Gasteiger partial charge in [0.2, 0.25) is 0 Å². The molecule has 1 aromatic rings. The van der Waals surface area contributed by atoms with Gasteiger partial charge in [0.15, 0.2) is 0 Å². The highest BCUT2D eigenvalue weighted by molar-refractivity contribution is 5.50. The van der Waals surface area contributed by atoms with Crippen molar-refractivity contribution >= 4 is 5.69 Å². The Bertz CT molecular complexity index is 350. The van der Waals surface area contributed by atoms with Gasteiger partial charge in [-0.25, -0.2) is 4.39 Å². The zero-order chi connectivity index (χ0) is 12.2. The number of halogens is 1. The largest absolute Gasteiger partial charge is 0.385 e. The maximum atomic E-state index is 13.2. The third-order valence-corrected chi connectivity index (χ3v) is 2.86. The summed E-state index contributed by atoms with van der Waals surface area (Å²) < 4.78 is 18.6. The number of hydrogen-bond donors (Lipinski definition) is 1. The molecule has 16 heavy (non-hydrogen) atoms. The zero-order valence-electron chi connectivity index (χ0n) is 10.4. The summed E-state index contributed by atoms with van der Waals surface area (Å²) in [5.74, 6) is -0.170. The van der Waals surface area contributed by atoms with Gasteiger partial charge in [0, 0.05) is 24.9 Å². The van der Waals surface area contributed by atoms with Gasteiger partial charge in [0.25, 0.3) is 0 Å². The van der Waals surface area contributed by atoms with E-state index in [0.29, 0.717) is 5.56 Å². The van der Waals surface area contributed by atoms with Gasteiger partial charge in [-0.1, -0.05) is 6.07 Å². The van der Waals surface area contributed by atoms with Gasteiger partial charge >= 0.3 is 0 Å². The van der Waals surface area contributed by atoms with E-state index in [1.807, 2.05) is 19.9 Å². The van der Waals surface area contributed by atoms with Crippen molar-refractivity contribution in [3.05, 3.63) is 29.6 Å². The second-order valence-electron chi connectivity index (χ2n) is 4.55. The topological polar surface area (TPSA) is 21.3 Å². The average Bonchev–Trinajstić information content (AvgIpc) is 2.24. The second-order valence-corrected chi connectivity index (χ2v) is 4.55. The highest BCUT2D eigenvalue weighted by Crippen LogP contribution is 2.19. The second kappa shape index (κ2) is 5.30. The predicted octanol–water partition coefficient (Wildman–Crippen LogP) is 3.36. The molecule has 0 aliphatic carbocycles. The maximum absolute atomic E-state index is 13.2. The summed E-state index contributed by atoms with van der Waals surface area (Å²) in [4.78, 5) is 0. The van der Waals surface area contributed by atoms with Crippen LogP contribution in [0.4, 0.5) is 10.1 Å². The number of rotatable bonds is 5. The van der Waals surface area contributed by atoms with Crippen molar-refractivity contribution in [3.8, 4) is 0 Å². The van der Waals surface area contributed by atoms with Crippen LogP contribution >= 0.6 is 0 Å². The molecule has 1 rings (SSSR count). The Morgan fingerprint density at radius 3 is 2.69 bits per heavy atom. The Hall–Kier alpha value is -1.09. The quantitative estimate of drug-likeness (QED) is 0.829. The first-order valence-corrected chi connectivity index (χ1v) is 5.50. The normalized spacial score (nSPS) is 11.6. The van der Waals surface area contributed by atoms with Crippen molar-refractivity contribution in [2.24, 2.45) is 0 Å². The van der Waals surface area contributed by atoms with Crippen LogP contribution < -0.4 is 5.32 Å². The lowest BCUT2D eigenvalue weighted by Gasteiger charge is -2.23. The van der Waals surface area contributed by atoms with Crippen LogP contribution in [0, 0.1) is 12.7 Å². The van der Waals surface area contributed by atoms with Gasteiger partial charge < -0.3 is 10.1 Å². The van der Waals surface area contributed by atoms with Crippen molar-refractivity contribution in [1.29, 1.82) is 0 Å². The molecule has 0 spiro atoms. The highest BCUT2D eigenvalue weighted by atomic mass is 19.1. The van der Waals surface area contributed by atoms with E-state index in [-0.39, 0.29) is 11.4 Å². The van der Waals surface area contributed by atoms with Gasteiger partial charge in [0.05, 0.1) is 5.60 Å². The van der Waals surface area contributed by atoms with Crippen molar-refractivity contribution in [3.63, 3.8) is 0 Å². The van der Waals surface area contributed by atoms with Gasteiger partial charge in [-0.2, -0.15) is 0 Å². The van der Waals surface area contributed by atoms with E-state index in [9.17, 15) is 4.39 Å². The Morgan fingerprint density at radius 2 is 2.06 bits per heavy atom. The molecule has 0 radical (unpaired) electrons. The molecule has 90 valence electrons. The number of methoxy groups -OCH3 is 1. The van der Waals surface area contributed by atoms with E-state index >= 15 is 0 Å². The Morgan fingerprint density at radius 1 is 1.38 bits per heavy atom. The Kier molecular flexibility index (Phi) is 4.30. The zero-order valence-corrected chi connectivity index (χ0v) is 10.4. The summed E-state index contributed by atoms with van der Waals surface area (Å²) in [6.45, 7) is 6.62. The van der Waals surface area contributed by atoms with Gasteiger partial charge in [0.1, 0.15) is 5.82 Å². The highest BCUT2D eigenvalue weighted by Gasteiger charge is 2.15. The fourth-order valence-corrected chi connectivity index (χ4v) is 1.40. The third kappa shape index (κ3) is 3.49. The van der Waals surface area contributed by atoms with Crippen molar-refractivity contribution in [2.45, 2.75) is 32.8 Å². The van der Waals surface area contributed by atoms with E-state index in [4.69, 9.17) is 4.74 Å². The number of hydrogen-bond acceptors (Lipinski definition) is 2. The first kappa shape index (κ1) is 13.0. The minimum atomic E-state index is -0.170. The lowest BCUT2D eigenvalue weighted by Crippen LogP contribution is -2.25. The summed E-state index contributed by atoms with van der Waals surface area (Å²) in [6, 6.07) is 5.07. The van der Waals surface area contributed by atoms with Crippen molar-refractivity contribution in [2.75, 3.05) is 19.0 Å². The van der Waals surface area contributed by atoms with Crippen LogP contribution in [0.5, 0.6) is 0 Å². The van der Waals surface area contributed by atoms with Crippen LogP contribution in [0.25, 0.3) is 0 Å². The van der Waals surface area contributed by atoms with Crippen LogP contribution in [0.3, 0.4) is 0 Å². The standard InChI is InChI=1S/C13H20FNO/c1-10-11(14)6-5-7-12(10)15-9-8-13(2,3)16-4/h5-7,15H,8-9H2,1-4H3. The molecule has 0 atom stereocenters. The van der Waals surface area contributed by atoms with Crippen LogP contribution in [0.2, 0.25) is 0 Å². The van der Waals surface area contributed by atoms with E-state index in [0.717, 1.165) is 18.7 Å². The van der Waals surface area contributed by atoms with Crippen LogP contribution in [0.1, 0.15) is 25.8 Å². The molecule has 0 bridgehead atoms. The number of anilines is 1. The maximum Gasteiger partial charge on any atom is 0.128 e. The minimum Gasteiger partial charge on any atom is -0.385 e. The molecule has 0 amide bonds. The lowest BCUT2D eigenvalue weighted by molar-refractivity contribution is 0.0185. The number of nitrogens with one attached hydrogen (secondary N) is 1. The fraction of sp³-hybridized carbons (Fsp3) is 0.538. The molecule has 3 heteroatoms. The Labute approximate surface area is 96.8 Å². The summed E-state index contributed by atoms with van der Waals surface area (Å²) in [6.07, 6.45) is 0.874. The molecule has 0 aliphatic rings. The van der Waals surface area contributed by atoms with E-state index in [1.54, 1.807) is 20.1 Å². The first-order chi connectivity index (χ1) is 7.46. The van der Waals surface area contributed by atoms with Crippen LogP contribution in [-0.2, 0) is 4.74 Å². The molecule has 0 fully saturated rings. The molecule has 0 unspecified atom stereocenters. The molecule has 1 aromatic carbocycles. The molecule has 0 saturated carbocycles. The predicted molar refractivity (Wildman–Crippen MR) is 65.3 cm³/mol. The van der Waals surface area contributed by atoms with Crippen LogP contribution in [0.15, 0.2) is 18.2 Å². The third-order valence-electron chi connectivity index (χ3n) is 2.86. The summed E-state index contributed by atoms with van der Waals surface area (Å²) >= 11 is 0. The Balaban J connectivity index is 2.53. The summed E-state index contributed by atoms with van der Waals surface area (Å²) in [7, 11) is 1.70. The fourth-order valence-electron chi connectivity index (χ4n) is 1.40.